The van der Waals surface area contributed by atoms with Crippen molar-refractivity contribution in [3.63, 3.8) is 0 Å². The molecule has 6 nitrogen and oxygen atoms in total. The second-order valence-corrected chi connectivity index (χ2v) is 7.80. The normalized spacial score (nSPS) is 26.0. The maximum Gasteiger partial charge on any atom is 0.231 e. The number of aliphatic imine (C=N–C) groups is 1. The van der Waals surface area contributed by atoms with Gasteiger partial charge < -0.3 is 24.8 Å². The van der Waals surface area contributed by atoms with Gasteiger partial charge in [0.1, 0.15) is 0 Å². The van der Waals surface area contributed by atoms with Crippen molar-refractivity contribution in [2.75, 3.05) is 33.0 Å². The number of nitrogens with one attached hydrogen (secondary N) is 2. The number of hydrogen-bond acceptors (Lipinski definition) is 4. The number of benzene rings is 1. The van der Waals surface area contributed by atoms with Crippen molar-refractivity contribution in [3.05, 3.63) is 23.8 Å². The van der Waals surface area contributed by atoms with Crippen LogP contribution >= 0.6 is 0 Å². The van der Waals surface area contributed by atoms with Crippen LogP contribution in [0.2, 0.25) is 0 Å². The molecule has 0 aromatic heterocycles. The second-order valence-electron chi connectivity index (χ2n) is 7.80. The molecule has 2 fully saturated rings. The van der Waals surface area contributed by atoms with Gasteiger partial charge in [-0.1, -0.05) is 6.07 Å². The Hall–Kier alpha value is -1.95. The predicted octanol–water partition coefficient (Wildman–Crippen LogP) is 2.57. The molecule has 0 bridgehead atoms. The van der Waals surface area contributed by atoms with Gasteiger partial charge in [0.2, 0.25) is 6.79 Å². The van der Waals surface area contributed by atoms with Crippen molar-refractivity contribution in [3.8, 4) is 11.5 Å². The van der Waals surface area contributed by atoms with Crippen LogP contribution in [0.15, 0.2) is 23.2 Å². The molecule has 1 aliphatic carbocycles. The summed E-state index contributed by atoms with van der Waals surface area (Å²) in [4.78, 5) is 4.77. The lowest BCUT2D eigenvalue weighted by molar-refractivity contribution is 0.0283. The Morgan fingerprint density at radius 3 is 2.73 bits per heavy atom. The van der Waals surface area contributed by atoms with Crippen LogP contribution in [0.5, 0.6) is 11.5 Å². The van der Waals surface area contributed by atoms with E-state index in [1.807, 2.05) is 6.07 Å². The molecule has 2 N–H and O–H groups in total. The minimum Gasteiger partial charge on any atom is -0.454 e. The van der Waals surface area contributed by atoms with Crippen LogP contribution in [-0.2, 0) is 10.2 Å². The molecule has 2 aliphatic heterocycles. The summed E-state index contributed by atoms with van der Waals surface area (Å²) in [6.07, 6.45) is 4.57. The van der Waals surface area contributed by atoms with Gasteiger partial charge in [-0.3, -0.25) is 4.99 Å². The molecule has 142 valence electrons. The molecule has 2 heterocycles. The Morgan fingerprint density at radius 1 is 1.15 bits per heavy atom. The Balaban J connectivity index is 1.40. The van der Waals surface area contributed by atoms with Gasteiger partial charge in [-0.05, 0) is 57.2 Å². The Kier molecular flexibility index (Phi) is 4.69. The maximum absolute atomic E-state index is 5.85. The highest BCUT2D eigenvalue weighted by molar-refractivity contribution is 5.80. The van der Waals surface area contributed by atoms with Crippen LogP contribution in [0, 0.1) is 0 Å². The van der Waals surface area contributed by atoms with Crippen molar-refractivity contribution in [2.45, 2.75) is 50.5 Å². The third-order valence-electron chi connectivity index (χ3n) is 5.65. The van der Waals surface area contributed by atoms with Crippen LogP contribution < -0.4 is 20.1 Å². The third kappa shape index (κ3) is 3.61. The largest absolute Gasteiger partial charge is 0.454 e. The topological polar surface area (TPSA) is 64.1 Å². The molecular weight excluding hydrogens is 330 g/mol. The molecule has 0 spiro atoms. The van der Waals surface area contributed by atoms with E-state index < -0.39 is 0 Å². The van der Waals surface area contributed by atoms with Crippen molar-refractivity contribution in [1.29, 1.82) is 0 Å². The van der Waals surface area contributed by atoms with Gasteiger partial charge in [0.25, 0.3) is 0 Å². The van der Waals surface area contributed by atoms with E-state index >= 15 is 0 Å². The molecule has 3 aliphatic rings. The van der Waals surface area contributed by atoms with Crippen molar-refractivity contribution >= 4 is 5.96 Å². The van der Waals surface area contributed by atoms with Crippen LogP contribution in [0.25, 0.3) is 0 Å². The molecule has 1 unspecified atom stereocenters. The van der Waals surface area contributed by atoms with E-state index in [0.29, 0.717) is 13.3 Å². The number of nitrogens with zero attached hydrogens (tertiary/aromatic N) is 1. The predicted molar refractivity (Wildman–Crippen MR) is 101 cm³/mol. The molecule has 1 saturated heterocycles. The maximum atomic E-state index is 5.85. The summed E-state index contributed by atoms with van der Waals surface area (Å²) in [5, 5.41) is 6.90. The fourth-order valence-electron chi connectivity index (χ4n) is 3.75. The lowest BCUT2D eigenvalue weighted by atomic mass is 9.95. The van der Waals surface area contributed by atoms with Crippen molar-refractivity contribution < 1.29 is 14.2 Å². The zero-order valence-corrected chi connectivity index (χ0v) is 15.8. The molecule has 1 aromatic rings. The van der Waals surface area contributed by atoms with E-state index in [-0.39, 0.29) is 11.0 Å². The highest BCUT2D eigenvalue weighted by atomic mass is 16.7. The lowest BCUT2D eigenvalue weighted by Crippen LogP contribution is -2.42. The minimum atomic E-state index is -0.114. The average Bonchev–Trinajstić information content (AvgIpc) is 3.08. The zero-order valence-electron chi connectivity index (χ0n) is 15.8. The number of guanidine groups is 1. The summed E-state index contributed by atoms with van der Waals surface area (Å²) in [6, 6.07) is 6.32. The van der Waals surface area contributed by atoms with Gasteiger partial charge in [-0.25, -0.2) is 0 Å². The smallest absolute Gasteiger partial charge is 0.231 e. The lowest BCUT2D eigenvalue weighted by Gasteiger charge is -2.23. The quantitative estimate of drug-likeness (QED) is 0.604. The summed E-state index contributed by atoms with van der Waals surface area (Å²) in [5.74, 6) is 2.58. The SMILES string of the molecule is CCNC(=NCC1(C)CCCO1)NCC1(c2ccc3c(c2)OCO3)CC1. The van der Waals surface area contributed by atoms with E-state index in [1.165, 1.54) is 18.4 Å². The number of fused-ring (bicyclic) bond motifs is 1. The Morgan fingerprint density at radius 2 is 2.00 bits per heavy atom. The summed E-state index contributed by atoms with van der Waals surface area (Å²) in [6.45, 7) is 7.83. The minimum absolute atomic E-state index is 0.114. The first-order valence-electron chi connectivity index (χ1n) is 9.69. The summed E-state index contributed by atoms with van der Waals surface area (Å²) < 4.78 is 16.8. The third-order valence-corrected chi connectivity index (χ3v) is 5.65. The van der Waals surface area contributed by atoms with Gasteiger partial charge >= 0.3 is 0 Å². The monoisotopic (exact) mass is 359 g/mol. The highest BCUT2D eigenvalue weighted by Crippen LogP contribution is 2.49. The standard InChI is InChI=1S/C20H29N3O3/c1-3-21-18(22-12-19(2)7-4-10-26-19)23-13-20(8-9-20)15-5-6-16-17(11-15)25-14-24-16/h5-6,11H,3-4,7-10,12-14H2,1-2H3,(H2,21,22,23). The Labute approximate surface area is 155 Å². The van der Waals surface area contributed by atoms with Crippen LogP contribution in [0.3, 0.4) is 0 Å². The summed E-state index contributed by atoms with van der Waals surface area (Å²) >= 11 is 0. The first kappa shape index (κ1) is 17.5. The van der Waals surface area contributed by atoms with Crippen LogP contribution in [0.4, 0.5) is 0 Å². The van der Waals surface area contributed by atoms with Crippen LogP contribution in [0.1, 0.15) is 45.1 Å². The molecule has 1 saturated carbocycles. The first-order chi connectivity index (χ1) is 12.6. The van der Waals surface area contributed by atoms with Gasteiger partial charge in [0.05, 0.1) is 12.1 Å². The van der Waals surface area contributed by atoms with Gasteiger partial charge in [-0.15, -0.1) is 0 Å². The molecule has 26 heavy (non-hydrogen) atoms. The van der Waals surface area contributed by atoms with Gasteiger partial charge in [0, 0.05) is 25.1 Å². The molecule has 1 atom stereocenters. The average molecular weight is 359 g/mol. The van der Waals surface area contributed by atoms with Crippen molar-refractivity contribution in [2.24, 2.45) is 4.99 Å². The summed E-state index contributed by atoms with van der Waals surface area (Å²) in [5.41, 5.74) is 1.37. The number of hydrogen-bond donors (Lipinski definition) is 2. The second kappa shape index (κ2) is 6.99. The van der Waals surface area contributed by atoms with E-state index in [1.54, 1.807) is 0 Å². The molecule has 4 rings (SSSR count). The highest BCUT2D eigenvalue weighted by Gasteiger charge is 2.45. The van der Waals surface area contributed by atoms with E-state index in [2.05, 4.69) is 36.6 Å². The zero-order chi connectivity index (χ0) is 18.0. The van der Waals surface area contributed by atoms with Gasteiger partial charge in [0.15, 0.2) is 17.5 Å². The summed E-state index contributed by atoms with van der Waals surface area (Å²) in [7, 11) is 0. The van der Waals surface area contributed by atoms with E-state index in [4.69, 9.17) is 19.2 Å². The molecule has 0 radical (unpaired) electrons. The first-order valence-corrected chi connectivity index (χ1v) is 9.69. The van der Waals surface area contributed by atoms with E-state index in [9.17, 15) is 0 Å². The fourth-order valence-corrected chi connectivity index (χ4v) is 3.75. The molecule has 1 aromatic carbocycles. The molecule has 0 amide bonds. The van der Waals surface area contributed by atoms with Crippen LogP contribution in [-0.4, -0.2) is 44.6 Å². The van der Waals surface area contributed by atoms with Gasteiger partial charge in [-0.2, -0.15) is 0 Å². The van der Waals surface area contributed by atoms with E-state index in [0.717, 1.165) is 50.0 Å². The number of ether oxygens (including phenoxy) is 3. The fraction of sp³-hybridized carbons (Fsp3) is 0.650. The Bertz CT molecular complexity index is 679. The molecule has 6 heteroatoms. The molecular formula is C20H29N3O3. The van der Waals surface area contributed by atoms with Crippen molar-refractivity contribution in [1.82, 2.24) is 10.6 Å². The number of rotatable bonds is 6.